The molecule has 1 rings (SSSR count). The Hall–Kier alpha value is -0.870. The van der Waals surface area contributed by atoms with Gasteiger partial charge in [-0.1, -0.05) is 25.9 Å². The Labute approximate surface area is 77.7 Å². The van der Waals surface area contributed by atoms with Crippen LogP contribution in [0.5, 0.6) is 0 Å². The highest BCUT2D eigenvalue weighted by atomic mass is 16.5. The number of hydrogen-bond acceptors (Lipinski definition) is 4. The lowest BCUT2D eigenvalue weighted by Crippen LogP contribution is -2.20. The van der Waals surface area contributed by atoms with Gasteiger partial charge in [-0.05, 0) is 0 Å². The molecule has 0 spiro atoms. The average molecular weight is 184 g/mol. The van der Waals surface area contributed by atoms with Crippen molar-refractivity contribution >= 4 is 0 Å². The van der Waals surface area contributed by atoms with E-state index in [-0.39, 0.29) is 12.0 Å². The summed E-state index contributed by atoms with van der Waals surface area (Å²) in [5.74, 6) is 0.744. The zero-order valence-electron chi connectivity index (χ0n) is 8.24. The van der Waals surface area contributed by atoms with Crippen molar-refractivity contribution in [1.82, 2.24) is 5.16 Å². The molecule has 1 unspecified atom stereocenters. The van der Waals surface area contributed by atoms with Crippen molar-refractivity contribution in [3.8, 4) is 0 Å². The minimum absolute atomic E-state index is 0.0930. The zero-order valence-corrected chi connectivity index (χ0v) is 8.24. The van der Waals surface area contributed by atoms with E-state index in [1.54, 1.807) is 6.20 Å². The van der Waals surface area contributed by atoms with Crippen molar-refractivity contribution in [2.75, 3.05) is 6.61 Å². The quantitative estimate of drug-likeness (QED) is 0.718. The van der Waals surface area contributed by atoms with Crippen molar-refractivity contribution in [2.45, 2.75) is 32.2 Å². The molecular weight excluding hydrogens is 168 g/mol. The van der Waals surface area contributed by atoms with Crippen molar-refractivity contribution < 1.29 is 9.63 Å². The van der Waals surface area contributed by atoms with Gasteiger partial charge in [0.2, 0.25) is 0 Å². The van der Waals surface area contributed by atoms with E-state index in [4.69, 9.17) is 15.4 Å². The molecule has 1 heterocycles. The van der Waals surface area contributed by atoms with Gasteiger partial charge >= 0.3 is 0 Å². The van der Waals surface area contributed by atoms with Crippen LogP contribution >= 0.6 is 0 Å². The summed E-state index contributed by atoms with van der Waals surface area (Å²) in [7, 11) is 0. The van der Waals surface area contributed by atoms with Crippen LogP contribution in [0, 0.1) is 0 Å². The first-order chi connectivity index (χ1) is 5.96. The Bertz CT molecular complexity index is 275. The maximum absolute atomic E-state index is 8.90. The van der Waals surface area contributed by atoms with Gasteiger partial charge in [-0.3, -0.25) is 0 Å². The van der Waals surface area contributed by atoms with E-state index < -0.39 is 6.04 Å². The third-order valence-electron chi connectivity index (χ3n) is 1.88. The molecule has 0 fully saturated rings. The number of hydrogen-bond donors (Lipinski definition) is 2. The molecule has 4 heteroatoms. The minimum Gasteiger partial charge on any atom is -0.394 e. The minimum atomic E-state index is -0.402. The fourth-order valence-corrected chi connectivity index (χ4v) is 1.18. The Kier molecular flexibility index (Phi) is 2.73. The second kappa shape index (κ2) is 3.47. The molecule has 0 radical (unpaired) electrons. The van der Waals surface area contributed by atoms with Crippen molar-refractivity contribution in [2.24, 2.45) is 5.73 Å². The van der Waals surface area contributed by atoms with E-state index >= 15 is 0 Å². The molecule has 74 valence electrons. The lowest BCUT2D eigenvalue weighted by Gasteiger charge is -2.17. The molecule has 1 aromatic rings. The highest BCUT2D eigenvalue weighted by Crippen LogP contribution is 2.28. The van der Waals surface area contributed by atoms with Gasteiger partial charge in [-0.15, -0.1) is 0 Å². The smallest absolute Gasteiger partial charge is 0.146 e. The largest absolute Gasteiger partial charge is 0.394 e. The van der Waals surface area contributed by atoms with Gasteiger partial charge in [0.15, 0.2) is 0 Å². The van der Waals surface area contributed by atoms with E-state index in [9.17, 15) is 0 Å². The molecule has 1 aromatic heterocycles. The molecule has 13 heavy (non-hydrogen) atoms. The van der Waals surface area contributed by atoms with Crippen molar-refractivity contribution in [3.05, 3.63) is 17.5 Å². The van der Waals surface area contributed by atoms with E-state index in [1.165, 1.54) is 0 Å². The molecule has 0 aliphatic rings. The predicted molar refractivity (Wildman–Crippen MR) is 49.2 cm³/mol. The number of nitrogens with zero attached hydrogens (tertiary/aromatic N) is 1. The third kappa shape index (κ3) is 2.08. The van der Waals surface area contributed by atoms with Crippen LogP contribution in [0.1, 0.15) is 38.1 Å². The maximum atomic E-state index is 8.90. The van der Waals surface area contributed by atoms with Crippen molar-refractivity contribution in [3.63, 3.8) is 0 Å². The van der Waals surface area contributed by atoms with Crippen molar-refractivity contribution in [1.29, 1.82) is 0 Å². The van der Waals surface area contributed by atoms with Gasteiger partial charge in [0.25, 0.3) is 0 Å². The first kappa shape index (κ1) is 10.2. The summed E-state index contributed by atoms with van der Waals surface area (Å²) in [6, 6.07) is -0.402. The van der Waals surface area contributed by atoms with Gasteiger partial charge in [-0.25, -0.2) is 0 Å². The lowest BCUT2D eigenvalue weighted by molar-refractivity contribution is 0.262. The summed E-state index contributed by atoms with van der Waals surface area (Å²) in [5, 5.41) is 12.6. The van der Waals surface area contributed by atoms with Gasteiger partial charge < -0.3 is 15.4 Å². The molecule has 0 bridgehead atoms. The van der Waals surface area contributed by atoms with Crippen LogP contribution in [0.15, 0.2) is 10.7 Å². The number of nitrogens with two attached hydrogens (primary N) is 1. The first-order valence-electron chi connectivity index (χ1n) is 4.28. The highest BCUT2D eigenvalue weighted by molar-refractivity contribution is 5.23. The number of rotatable bonds is 2. The number of aromatic nitrogens is 1. The number of aliphatic hydroxyl groups is 1. The molecule has 0 saturated heterocycles. The molecular formula is C9H16N2O2. The normalized spacial score (nSPS) is 14.5. The van der Waals surface area contributed by atoms with Gasteiger partial charge in [0.05, 0.1) is 18.8 Å². The maximum Gasteiger partial charge on any atom is 0.146 e. The van der Waals surface area contributed by atoms with Crippen LogP contribution in [-0.4, -0.2) is 16.9 Å². The van der Waals surface area contributed by atoms with Crippen LogP contribution in [-0.2, 0) is 5.41 Å². The highest BCUT2D eigenvalue weighted by Gasteiger charge is 2.25. The Balaban J connectivity index is 3.03. The van der Waals surface area contributed by atoms with Crippen LogP contribution in [0.3, 0.4) is 0 Å². The first-order valence-corrected chi connectivity index (χ1v) is 4.28. The number of aliphatic hydroxyl groups excluding tert-OH is 1. The molecule has 0 amide bonds. The summed E-state index contributed by atoms with van der Waals surface area (Å²) in [6.45, 7) is 5.95. The van der Waals surface area contributed by atoms with E-state index in [0.717, 1.165) is 11.3 Å². The Morgan fingerprint density at radius 1 is 1.62 bits per heavy atom. The molecule has 4 nitrogen and oxygen atoms in total. The van der Waals surface area contributed by atoms with Crippen LogP contribution in [0.2, 0.25) is 0 Å². The Morgan fingerprint density at radius 3 is 2.69 bits per heavy atom. The Morgan fingerprint density at radius 2 is 2.23 bits per heavy atom. The summed E-state index contributed by atoms with van der Waals surface area (Å²) in [4.78, 5) is 0. The van der Waals surface area contributed by atoms with Crippen LogP contribution < -0.4 is 5.73 Å². The molecule has 0 aliphatic carbocycles. The van der Waals surface area contributed by atoms with Crippen LogP contribution in [0.4, 0.5) is 0 Å². The second-order valence-corrected chi connectivity index (χ2v) is 4.15. The predicted octanol–water partition coefficient (Wildman–Crippen LogP) is 0.964. The summed E-state index contributed by atoms with van der Waals surface area (Å²) >= 11 is 0. The average Bonchev–Trinajstić information content (AvgIpc) is 2.49. The SMILES string of the molecule is CC(C)(C)c1oncc1C(N)CO. The fourth-order valence-electron chi connectivity index (χ4n) is 1.18. The van der Waals surface area contributed by atoms with E-state index in [0.29, 0.717) is 0 Å². The lowest BCUT2D eigenvalue weighted by atomic mass is 9.89. The van der Waals surface area contributed by atoms with Gasteiger partial charge in [0.1, 0.15) is 5.76 Å². The topological polar surface area (TPSA) is 72.3 Å². The molecule has 0 saturated carbocycles. The monoisotopic (exact) mass is 184 g/mol. The summed E-state index contributed by atoms with van der Waals surface area (Å²) in [5.41, 5.74) is 6.35. The summed E-state index contributed by atoms with van der Waals surface area (Å²) in [6.07, 6.45) is 1.57. The van der Waals surface area contributed by atoms with E-state index in [2.05, 4.69) is 5.16 Å². The van der Waals surface area contributed by atoms with Crippen LogP contribution in [0.25, 0.3) is 0 Å². The van der Waals surface area contributed by atoms with E-state index in [1.807, 2.05) is 20.8 Å². The molecule has 0 aromatic carbocycles. The van der Waals surface area contributed by atoms with Gasteiger partial charge in [-0.2, -0.15) is 0 Å². The zero-order chi connectivity index (χ0) is 10.1. The second-order valence-electron chi connectivity index (χ2n) is 4.15. The molecule has 1 atom stereocenters. The fraction of sp³-hybridized carbons (Fsp3) is 0.667. The molecule has 3 N–H and O–H groups in total. The third-order valence-corrected chi connectivity index (χ3v) is 1.88. The standard InChI is InChI=1S/C9H16N2O2/c1-9(2,3)8-6(4-11-13-8)7(10)5-12/h4,7,12H,5,10H2,1-3H3. The summed E-state index contributed by atoms with van der Waals surface area (Å²) < 4.78 is 5.11. The molecule has 0 aliphatic heterocycles. The van der Waals surface area contributed by atoms with Gasteiger partial charge in [0, 0.05) is 11.0 Å².